The van der Waals surface area contributed by atoms with Gasteiger partial charge in [-0.1, -0.05) is 51.9 Å². The van der Waals surface area contributed by atoms with Gasteiger partial charge in [0.1, 0.15) is 6.61 Å². The summed E-state index contributed by atoms with van der Waals surface area (Å²) < 4.78 is 31.2. The molecular weight excluding hydrogens is 364 g/mol. The van der Waals surface area contributed by atoms with Crippen molar-refractivity contribution >= 4 is 5.97 Å². The third-order valence-corrected chi connectivity index (χ3v) is 4.08. The Morgan fingerprint density at radius 2 is 0.929 bits per heavy atom. The van der Waals surface area contributed by atoms with E-state index in [-0.39, 0.29) is 12.6 Å². The molecule has 0 amide bonds. The van der Waals surface area contributed by atoms with Crippen LogP contribution in [0.4, 0.5) is 0 Å². The van der Waals surface area contributed by atoms with Gasteiger partial charge >= 0.3 is 5.97 Å². The molecule has 0 aromatic carbocycles. The van der Waals surface area contributed by atoms with Crippen LogP contribution in [0.2, 0.25) is 0 Å². The van der Waals surface area contributed by atoms with E-state index in [0.717, 1.165) is 13.0 Å². The first-order valence-electron chi connectivity index (χ1n) is 10.8. The molecule has 0 aliphatic rings. The van der Waals surface area contributed by atoms with E-state index in [2.05, 4.69) is 11.7 Å². The molecule has 0 unspecified atom stereocenters. The van der Waals surface area contributed by atoms with Gasteiger partial charge < -0.3 is 28.4 Å². The lowest BCUT2D eigenvalue weighted by atomic mass is 10.1. The average Bonchev–Trinajstić information content (AvgIpc) is 2.71. The number of methoxy groups -OCH3 is 1. The van der Waals surface area contributed by atoms with Crippen LogP contribution in [0.3, 0.4) is 0 Å². The minimum absolute atomic E-state index is 0.0451. The summed E-state index contributed by atoms with van der Waals surface area (Å²) in [5.41, 5.74) is 0. The molecule has 0 spiro atoms. The molecule has 0 aliphatic carbocycles. The van der Waals surface area contributed by atoms with Crippen molar-refractivity contribution in [3.8, 4) is 0 Å². The SMILES string of the molecule is CCCCCCCCCCOCCOCCOCCOCCOCC(=O)OC. The average molecular weight is 407 g/mol. The van der Waals surface area contributed by atoms with E-state index in [4.69, 9.17) is 23.7 Å². The monoisotopic (exact) mass is 406 g/mol. The minimum atomic E-state index is -0.387. The number of carbonyl (C=O) groups is 1. The first kappa shape index (κ1) is 27.3. The number of hydrogen-bond acceptors (Lipinski definition) is 7. The van der Waals surface area contributed by atoms with Crippen LogP contribution in [0.25, 0.3) is 0 Å². The Balaban J connectivity index is 3.00. The van der Waals surface area contributed by atoms with Gasteiger partial charge in [-0.3, -0.25) is 0 Å². The maximum Gasteiger partial charge on any atom is 0.331 e. The summed E-state index contributed by atoms with van der Waals surface area (Å²) in [5.74, 6) is -0.387. The van der Waals surface area contributed by atoms with Crippen LogP contribution in [0.5, 0.6) is 0 Å². The van der Waals surface area contributed by atoms with E-state index in [0.29, 0.717) is 52.9 Å². The molecule has 168 valence electrons. The van der Waals surface area contributed by atoms with Gasteiger partial charge in [-0.2, -0.15) is 0 Å². The number of ether oxygens (including phenoxy) is 6. The van der Waals surface area contributed by atoms with Crippen molar-refractivity contribution < 1.29 is 33.2 Å². The standard InChI is InChI=1S/C21H42O7/c1-3-4-5-6-7-8-9-10-11-24-12-13-25-14-15-26-16-17-27-18-19-28-20-21(22)23-2/h3-20H2,1-2H3. The molecule has 7 nitrogen and oxygen atoms in total. The highest BCUT2D eigenvalue weighted by Gasteiger charge is 1.99. The zero-order valence-electron chi connectivity index (χ0n) is 18.1. The predicted molar refractivity (Wildman–Crippen MR) is 109 cm³/mol. The van der Waals surface area contributed by atoms with E-state index in [1.807, 2.05) is 0 Å². The van der Waals surface area contributed by atoms with Gasteiger partial charge in [-0.05, 0) is 6.42 Å². The summed E-state index contributed by atoms with van der Waals surface area (Å²) in [5, 5.41) is 0. The Bertz CT molecular complexity index is 313. The maximum atomic E-state index is 10.8. The Morgan fingerprint density at radius 3 is 1.39 bits per heavy atom. The zero-order chi connectivity index (χ0) is 20.5. The van der Waals surface area contributed by atoms with Crippen LogP contribution in [-0.2, 0) is 33.2 Å². The summed E-state index contributed by atoms with van der Waals surface area (Å²) in [4.78, 5) is 10.8. The van der Waals surface area contributed by atoms with Gasteiger partial charge in [0, 0.05) is 6.61 Å². The second-order valence-corrected chi connectivity index (χ2v) is 6.55. The lowest BCUT2D eigenvalue weighted by molar-refractivity contribution is -0.146. The van der Waals surface area contributed by atoms with Crippen molar-refractivity contribution in [2.24, 2.45) is 0 Å². The van der Waals surface area contributed by atoms with Crippen molar-refractivity contribution in [2.75, 3.05) is 73.2 Å². The van der Waals surface area contributed by atoms with Gasteiger partial charge in [-0.25, -0.2) is 4.79 Å². The van der Waals surface area contributed by atoms with Crippen LogP contribution in [0.1, 0.15) is 58.3 Å². The molecular formula is C21H42O7. The molecule has 0 saturated carbocycles. The molecule has 0 atom stereocenters. The fourth-order valence-corrected chi connectivity index (χ4v) is 2.43. The van der Waals surface area contributed by atoms with Gasteiger partial charge in [-0.15, -0.1) is 0 Å². The zero-order valence-corrected chi connectivity index (χ0v) is 18.1. The van der Waals surface area contributed by atoms with Gasteiger partial charge in [0.25, 0.3) is 0 Å². The topological polar surface area (TPSA) is 72.5 Å². The molecule has 0 bridgehead atoms. The van der Waals surface area contributed by atoms with E-state index in [9.17, 15) is 4.79 Å². The molecule has 0 N–H and O–H groups in total. The van der Waals surface area contributed by atoms with Crippen molar-refractivity contribution in [3.05, 3.63) is 0 Å². The van der Waals surface area contributed by atoms with Crippen LogP contribution in [0.15, 0.2) is 0 Å². The Morgan fingerprint density at radius 1 is 0.536 bits per heavy atom. The fraction of sp³-hybridized carbons (Fsp3) is 0.952. The van der Waals surface area contributed by atoms with Crippen molar-refractivity contribution in [2.45, 2.75) is 58.3 Å². The van der Waals surface area contributed by atoms with E-state index in [1.165, 1.54) is 52.1 Å². The fourth-order valence-electron chi connectivity index (χ4n) is 2.43. The predicted octanol–water partition coefficient (Wildman–Crippen LogP) is 3.38. The minimum Gasteiger partial charge on any atom is -0.467 e. The molecule has 0 fully saturated rings. The first-order chi connectivity index (χ1) is 13.8. The summed E-state index contributed by atoms with van der Waals surface area (Å²) in [6.45, 7) is 7.17. The first-order valence-corrected chi connectivity index (χ1v) is 10.8. The highest BCUT2D eigenvalue weighted by Crippen LogP contribution is 2.08. The molecule has 0 aromatic rings. The summed E-state index contributed by atoms with van der Waals surface area (Å²) in [7, 11) is 1.33. The summed E-state index contributed by atoms with van der Waals surface area (Å²) in [6.07, 6.45) is 10.5. The van der Waals surface area contributed by atoms with Crippen molar-refractivity contribution in [3.63, 3.8) is 0 Å². The van der Waals surface area contributed by atoms with Crippen molar-refractivity contribution in [1.29, 1.82) is 0 Å². The normalized spacial score (nSPS) is 11.1. The van der Waals surface area contributed by atoms with Gasteiger partial charge in [0.05, 0.1) is 60.0 Å². The van der Waals surface area contributed by atoms with E-state index in [1.54, 1.807) is 0 Å². The third kappa shape index (κ3) is 23.3. The molecule has 0 radical (unpaired) electrons. The second-order valence-electron chi connectivity index (χ2n) is 6.55. The Hall–Kier alpha value is -0.730. The highest BCUT2D eigenvalue weighted by molar-refractivity contribution is 5.70. The number of hydrogen-bond donors (Lipinski definition) is 0. The number of carbonyl (C=O) groups excluding carboxylic acids is 1. The van der Waals surface area contributed by atoms with Crippen LogP contribution in [0, 0.1) is 0 Å². The molecule has 0 aliphatic heterocycles. The third-order valence-electron chi connectivity index (χ3n) is 4.08. The van der Waals surface area contributed by atoms with Crippen LogP contribution in [-0.4, -0.2) is 79.1 Å². The van der Waals surface area contributed by atoms with E-state index >= 15 is 0 Å². The maximum absolute atomic E-state index is 10.8. The Kier molecular flexibility index (Phi) is 23.7. The molecule has 0 saturated heterocycles. The number of esters is 1. The lowest BCUT2D eigenvalue weighted by Gasteiger charge is -2.08. The molecule has 7 heteroatoms. The molecule has 0 heterocycles. The summed E-state index contributed by atoms with van der Waals surface area (Å²) in [6, 6.07) is 0. The lowest BCUT2D eigenvalue weighted by Crippen LogP contribution is -2.15. The smallest absolute Gasteiger partial charge is 0.331 e. The number of rotatable bonds is 23. The van der Waals surface area contributed by atoms with Crippen molar-refractivity contribution in [1.82, 2.24) is 0 Å². The largest absolute Gasteiger partial charge is 0.467 e. The molecule has 28 heavy (non-hydrogen) atoms. The molecule has 0 rings (SSSR count). The Labute approximate surface area is 171 Å². The van der Waals surface area contributed by atoms with Crippen LogP contribution < -0.4 is 0 Å². The molecule has 0 aromatic heterocycles. The second kappa shape index (κ2) is 24.3. The number of unbranched alkanes of at least 4 members (excludes halogenated alkanes) is 7. The highest BCUT2D eigenvalue weighted by atomic mass is 16.6. The summed E-state index contributed by atoms with van der Waals surface area (Å²) >= 11 is 0. The van der Waals surface area contributed by atoms with Gasteiger partial charge in [0.15, 0.2) is 0 Å². The van der Waals surface area contributed by atoms with Gasteiger partial charge in [0.2, 0.25) is 0 Å². The quantitative estimate of drug-likeness (QED) is 0.190. The van der Waals surface area contributed by atoms with Crippen LogP contribution >= 0.6 is 0 Å². The van der Waals surface area contributed by atoms with E-state index < -0.39 is 0 Å².